The van der Waals surface area contributed by atoms with Crippen LogP contribution in [0.25, 0.3) is 10.2 Å². The summed E-state index contributed by atoms with van der Waals surface area (Å²) in [6.45, 7) is 0.557. The predicted molar refractivity (Wildman–Crippen MR) is 73.9 cm³/mol. The van der Waals surface area contributed by atoms with Gasteiger partial charge in [0.25, 0.3) is 0 Å². The molecule has 17 heavy (non-hydrogen) atoms. The van der Waals surface area contributed by atoms with Crippen molar-refractivity contribution in [1.82, 2.24) is 4.98 Å². The van der Waals surface area contributed by atoms with E-state index in [1.54, 1.807) is 4.90 Å². The van der Waals surface area contributed by atoms with Crippen molar-refractivity contribution in [2.75, 3.05) is 11.4 Å². The lowest BCUT2D eigenvalue weighted by Crippen LogP contribution is -2.24. The molecular formula is C11H8BrClN2OS. The molecule has 1 aliphatic rings. The van der Waals surface area contributed by atoms with E-state index in [9.17, 15) is 4.79 Å². The summed E-state index contributed by atoms with van der Waals surface area (Å²) >= 11 is 10.9. The molecule has 1 aliphatic heterocycles. The number of benzene rings is 1. The van der Waals surface area contributed by atoms with Gasteiger partial charge in [0.05, 0.1) is 15.6 Å². The zero-order valence-electron chi connectivity index (χ0n) is 8.69. The molecule has 0 radical (unpaired) electrons. The molecule has 1 aromatic heterocycles. The summed E-state index contributed by atoms with van der Waals surface area (Å²) in [5.74, 6) is 0.0584. The summed E-state index contributed by atoms with van der Waals surface area (Å²) in [6.07, 6.45) is 0.404. The molecule has 0 N–H and O–H groups in total. The number of amides is 1. The van der Waals surface area contributed by atoms with Gasteiger partial charge in [-0.3, -0.25) is 9.69 Å². The minimum atomic E-state index is -0.0961. The molecule has 1 aromatic carbocycles. The first-order valence-electron chi connectivity index (χ1n) is 5.14. The summed E-state index contributed by atoms with van der Waals surface area (Å²) in [6, 6.07) is 5.90. The number of alkyl halides is 1. The summed E-state index contributed by atoms with van der Waals surface area (Å²) in [5.41, 5.74) is 0.916. The summed E-state index contributed by atoms with van der Waals surface area (Å²) in [5, 5.41) is 0.646. The van der Waals surface area contributed by atoms with Gasteiger partial charge in [0, 0.05) is 17.4 Å². The van der Waals surface area contributed by atoms with Crippen LogP contribution in [0.4, 0.5) is 5.13 Å². The Morgan fingerprint density at radius 2 is 2.35 bits per heavy atom. The Morgan fingerprint density at radius 1 is 1.53 bits per heavy atom. The quantitative estimate of drug-likeness (QED) is 0.750. The van der Waals surface area contributed by atoms with Gasteiger partial charge in [0.15, 0.2) is 5.13 Å². The van der Waals surface area contributed by atoms with Crippen LogP contribution in [0.5, 0.6) is 0 Å². The highest BCUT2D eigenvalue weighted by atomic mass is 79.9. The Kier molecular flexibility index (Phi) is 2.84. The molecule has 0 bridgehead atoms. The largest absolute Gasteiger partial charge is 0.287 e. The molecule has 1 saturated heterocycles. The van der Waals surface area contributed by atoms with Crippen LogP contribution in [0.3, 0.4) is 0 Å². The molecular weight excluding hydrogens is 324 g/mol. The molecule has 1 unspecified atom stereocenters. The summed E-state index contributed by atoms with van der Waals surface area (Å²) in [7, 11) is 0. The lowest BCUT2D eigenvalue weighted by atomic mass is 10.3. The van der Waals surface area contributed by atoms with Gasteiger partial charge < -0.3 is 0 Å². The normalized spacial score (nSPS) is 20.5. The van der Waals surface area contributed by atoms with Crippen molar-refractivity contribution < 1.29 is 4.79 Å². The molecule has 1 amide bonds. The van der Waals surface area contributed by atoms with Crippen LogP contribution in [0.1, 0.15) is 6.42 Å². The van der Waals surface area contributed by atoms with E-state index in [1.807, 2.05) is 18.2 Å². The molecule has 1 atom stereocenters. The number of hydrogen-bond donors (Lipinski definition) is 0. The minimum Gasteiger partial charge on any atom is -0.287 e. The van der Waals surface area contributed by atoms with Gasteiger partial charge in [-0.15, -0.1) is 11.6 Å². The zero-order chi connectivity index (χ0) is 12.0. The van der Waals surface area contributed by atoms with E-state index in [0.717, 1.165) is 19.8 Å². The Balaban J connectivity index is 2.03. The van der Waals surface area contributed by atoms with E-state index in [0.29, 0.717) is 13.0 Å². The van der Waals surface area contributed by atoms with Gasteiger partial charge >= 0.3 is 0 Å². The molecule has 2 aromatic rings. The Hall–Kier alpha value is -0.650. The summed E-state index contributed by atoms with van der Waals surface area (Å²) < 4.78 is 2.09. The van der Waals surface area contributed by atoms with Crippen LogP contribution in [0.2, 0.25) is 0 Å². The fourth-order valence-corrected chi connectivity index (χ4v) is 3.66. The minimum absolute atomic E-state index is 0.0584. The topological polar surface area (TPSA) is 33.2 Å². The van der Waals surface area contributed by atoms with Crippen LogP contribution in [-0.4, -0.2) is 22.8 Å². The number of anilines is 1. The average molecular weight is 332 g/mol. The fraction of sp³-hybridized carbons (Fsp3) is 0.273. The van der Waals surface area contributed by atoms with Crippen LogP contribution in [0, 0.1) is 0 Å². The maximum atomic E-state index is 11.7. The molecule has 3 rings (SSSR count). The second-order valence-electron chi connectivity index (χ2n) is 3.91. The van der Waals surface area contributed by atoms with Crippen LogP contribution in [0.15, 0.2) is 22.7 Å². The molecule has 0 spiro atoms. The van der Waals surface area contributed by atoms with Crippen LogP contribution in [-0.2, 0) is 4.79 Å². The lowest BCUT2D eigenvalue weighted by molar-refractivity contribution is -0.117. The van der Waals surface area contributed by atoms with Crippen molar-refractivity contribution in [3.63, 3.8) is 0 Å². The highest BCUT2D eigenvalue weighted by Gasteiger charge is 2.31. The van der Waals surface area contributed by atoms with Crippen LogP contribution >= 0.6 is 38.9 Å². The third-order valence-corrected chi connectivity index (χ3v) is 4.47. The molecule has 6 heteroatoms. The Bertz CT molecular complexity index is 600. The predicted octanol–water partition coefficient (Wildman–Crippen LogP) is 3.40. The second kappa shape index (κ2) is 4.23. The van der Waals surface area contributed by atoms with E-state index >= 15 is 0 Å². The van der Waals surface area contributed by atoms with E-state index < -0.39 is 0 Å². The summed E-state index contributed by atoms with van der Waals surface area (Å²) in [4.78, 5) is 17.9. The van der Waals surface area contributed by atoms with Crippen molar-refractivity contribution in [1.29, 1.82) is 0 Å². The number of aromatic nitrogens is 1. The number of thiazole rings is 1. The smallest absolute Gasteiger partial charge is 0.230 e. The highest BCUT2D eigenvalue weighted by Crippen LogP contribution is 2.33. The van der Waals surface area contributed by atoms with Crippen LogP contribution < -0.4 is 4.90 Å². The van der Waals surface area contributed by atoms with E-state index in [4.69, 9.17) is 11.6 Å². The molecule has 0 saturated carbocycles. The van der Waals surface area contributed by atoms with Gasteiger partial charge in [0.2, 0.25) is 5.91 Å². The van der Waals surface area contributed by atoms with Gasteiger partial charge in [-0.2, -0.15) is 0 Å². The molecule has 2 heterocycles. The lowest BCUT2D eigenvalue weighted by Gasteiger charge is -2.10. The van der Waals surface area contributed by atoms with E-state index in [2.05, 4.69) is 20.9 Å². The first-order valence-corrected chi connectivity index (χ1v) is 7.18. The maximum absolute atomic E-state index is 11.7. The second-order valence-corrected chi connectivity index (χ2v) is 6.46. The standard InChI is InChI=1S/C11H8BrClN2OS/c12-6-1-2-8-9(3-6)17-11(14-8)15-5-7(13)4-10(15)16/h1-3,7H,4-5H2. The molecule has 0 aliphatic carbocycles. The Labute approximate surface area is 116 Å². The highest BCUT2D eigenvalue weighted by molar-refractivity contribution is 9.10. The van der Waals surface area contributed by atoms with E-state index in [1.165, 1.54) is 11.3 Å². The fourth-order valence-electron chi connectivity index (χ4n) is 1.85. The first-order chi connectivity index (χ1) is 8.13. The SMILES string of the molecule is O=C1CC(Cl)CN1c1nc2ccc(Br)cc2s1. The monoisotopic (exact) mass is 330 g/mol. The first kappa shape index (κ1) is 11.4. The van der Waals surface area contributed by atoms with Gasteiger partial charge in [-0.25, -0.2) is 4.98 Å². The van der Waals surface area contributed by atoms with Crippen molar-refractivity contribution in [2.45, 2.75) is 11.8 Å². The van der Waals surface area contributed by atoms with Crippen molar-refractivity contribution >= 4 is 60.1 Å². The third-order valence-electron chi connectivity index (χ3n) is 2.65. The molecule has 1 fully saturated rings. The number of fused-ring (bicyclic) bond motifs is 1. The average Bonchev–Trinajstić information content (AvgIpc) is 2.80. The van der Waals surface area contributed by atoms with Crippen molar-refractivity contribution in [3.05, 3.63) is 22.7 Å². The number of hydrogen-bond acceptors (Lipinski definition) is 3. The van der Waals surface area contributed by atoms with E-state index in [-0.39, 0.29) is 11.3 Å². The maximum Gasteiger partial charge on any atom is 0.230 e. The van der Waals surface area contributed by atoms with Crippen molar-refractivity contribution in [2.24, 2.45) is 0 Å². The molecule has 3 nitrogen and oxygen atoms in total. The zero-order valence-corrected chi connectivity index (χ0v) is 11.8. The number of halogens is 2. The number of carbonyl (C=O) groups excluding carboxylic acids is 1. The number of carbonyl (C=O) groups is 1. The number of nitrogens with zero attached hydrogens (tertiary/aromatic N) is 2. The van der Waals surface area contributed by atoms with Crippen molar-refractivity contribution in [3.8, 4) is 0 Å². The third kappa shape index (κ3) is 2.07. The Morgan fingerprint density at radius 3 is 3.06 bits per heavy atom. The van der Waals surface area contributed by atoms with Gasteiger partial charge in [-0.1, -0.05) is 27.3 Å². The molecule has 88 valence electrons. The number of rotatable bonds is 1. The van der Waals surface area contributed by atoms with Gasteiger partial charge in [-0.05, 0) is 18.2 Å². The van der Waals surface area contributed by atoms with Gasteiger partial charge in [0.1, 0.15) is 0 Å².